The molecule has 4 aromatic rings. The number of alkyl halides is 6. The molecule has 208 valence electrons. The predicted octanol–water partition coefficient (Wildman–Crippen LogP) is 8.21. The fraction of sp³-hybridized carbons (Fsp3) is 0.0909. The van der Waals surface area contributed by atoms with E-state index in [0.717, 1.165) is 0 Å². The van der Waals surface area contributed by atoms with Crippen molar-refractivity contribution in [3.63, 3.8) is 0 Å². The van der Waals surface area contributed by atoms with Crippen LogP contribution in [0.5, 0.6) is 11.5 Å². The van der Waals surface area contributed by atoms with Crippen LogP contribution < -0.4 is 19.7 Å². The van der Waals surface area contributed by atoms with Crippen LogP contribution >= 0.6 is 31.5 Å². The zero-order valence-electron chi connectivity index (χ0n) is 19.3. The number of nitrogens with zero attached hydrogens (tertiary/aromatic N) is 4. The molecule has 0 bridgehead atoms. The third kappa shape index (κ3) is 7.17. The van der Waals surface area contributed by atoms with Crippen molar-refractivity contribution >= 4 is 54.5 Å². The molecule has 2 heterocycles. The first-order chi connectivity index (χ1) is 18.8. The van der Waals surface area contributed by atoms with Crippen molar-refractivity contribution in [3.8, 4) is 11.5 Å². The zero-order chi connectivity index (χ0) is 29.1. The maximum absolute atomic E-state index is 13.4. The number of rotatable bonds is 8. The summed E-state index contributed by atoms with van der Waals surface area (Å²) in [5.74, 6) is -1.81. The Morgan fingerprint density at radius 1 is 0.675 bits per heavy atom. The fourth-order valence-electron chi connectivity index (χ4n) is 3.06. The highest BCUT2D eigenvalue weighted by Crippen LogP contribution is 2.42. The van der Waals surface area contributed by atoms with Crippen molar-refractivity contribution in [2.45, 2.75) is 12.4 Å². The largest absolute Gasteiger partial charge is 0.805 e. The number of hydrogen-bond acceptors (Lipinski definition) is 9. The Balaban J connectivity index is 1.56. The summed E-state index contributed by atoms with van der Waals surface area (Å²) in [6.45, 7) is 0. The fourth-order valence-corrected chi connectivity index (χ4v) is 4.00. The van der Waals surface area contributed by atoms with Gasteiger partial charge in [0.25, 0.3) is 0 Å². The Kier molecular flexibility index (Phi) is 8.47. The molecule has 0 unspecified atom stereocenters. The minimum Gasteiger partial charge on any atom is -0.336 e. The van der Waals surface area contributed by atoms with Crippen molar-refractivity contribution in [1.29, 1.82) is 0 Å². The Hall–Kier alpha value is -3.94. The van der Waals surface area contributed by atoms with E-state index >= 15 is 0 Å². The van der Waals surface area contributed by atoms with Crippen molar-refractivity contribution in [3.05, 3.63) is 82.6 Å². The van der Waals surface area contributed by atoms with E-state index in [1.54, 1.807) is 0 Å². The van der Waals surface area contributed by atoms with Gasteiger partial charge in [0, 0.05) is 17.0 Å². The molecular weight excluding hydrogens is 612 g/mol. The Bertz CT molecular complexity index is 1450. The van der Waals surface area contributed by atoms with Crippen molar-refractivity contribution in [2.75, 3.05) is 10.6 Å². The molecule has 0 radical (unpaired) electrons. The summed E-state index contributed by atoms with van der Waals surface area (Å²) < 4.78 is 104. The molecule has 2 aromatic heterocycles. The van der Waals surface area contributed by atoms with Crippen LogP contribution in [0.4, 0.5) is 49.4 Å². The second kappa shape index (κ2) is 11.7. The van der Waals surface area contributed by atoms with Crippen molar-refractivity contribution < 1.29 is 40.0 Å². The number of halogens is 8. The van der Waals surface area contributed by atoms with E-state index < -0.39 is 53.9 Å². The summed E-state index contributed by atoms with van der Waals surface area (Å²) in [5, 5.41) is 3.90. The number of nitrogens with one attached hydrogen (secondary N) is 2. The van der Waals surface area contributed by atoms with Crippen LogP contribution in [0, 0.1) is 0 Å². The maximum atomic E-state index is 13.4. The lowest BCUT2D eigenvalue weighted by Gasteiger charge is -2.14. The van der Waals surface area contributed by atoms with E-state index in [1.165, 1.54) is 48.5 Å². The van der Waals surface area contributed by atoms with Crippen LogP contribution in [0.1, 0.15) is 11.1 Å². The first kappa shape index (κ1) is 29.1. The third-order valence-electron chi connectivity index (χ3n) is 4.76. The highest BCUT2D eigenvalue weighted by Gasteiger charge is 2.37. The summed E-state index contributed by atoms with van der Waals surface area (Å²) >= 11 is 11.3. The maximum Gasteiger partial charge on any atom is 0.805 e. The number of aromatic nitrogens is 4. The molecule has 0 saturated heterocycles. The Morgan fingerprint density at radius 2 is 1.05 bits per heavy atom. The Morgan fingerprint density at radius 3 is 1.43 bits per heavy atom. The highest BCUT2D eigenvalue weighted by atomic mass is 35.5. The molecule has 0 fully saturated rings. The third-order valence-corrected chi connectivity index (χ3v) is 5.81. The Labute approximate surface area is 231 Å². The summed E-state index contributed by atoms with van der Waals surface area (Å²) in [6.07, 6.45) is -8.67. The summed E-state index contributed by atoms with van der Waals surface area (Å²) in [7, 11) is -3.08. The highest BCUT2D eigenvalue weighted by molar-refractivity contribution is 7.34. The van der Waals surface area contributed by atoms with E-state index in [9.17, 15) is 30.9 Å². The van der Waals surface area contributed by atoms with Gasteiger partial charge in [-0.3, -0.25) is 0 Å². The summed E-state index contributed by atoms with van der Waals surface area (Å²) in [5.41, 5.74) is -2.64. The zero-order valence-corrected chi connectivity index (χ0v) is 21.7. The van der Waals surface area contributed by atoms with Gasteiger partial charge in [-0.2, -0.15) is 36.3 Å². The van der Waals surface area contributed by atoms with E-state index in [0.29, 0.717) is 12.4 Å². The van der Waals surface area contributed by atoms with Crippen LogP contribution in [0.15, 0.2) is 60.9 Å². The van der Waals surface area contributed by atoms with Gasteiger partial charge in [0.05, 0.1) is 11.4 Å². The molecule has 0 aliphatic rings. The van der Waals surface area contributed by atoms with Gasteiger partial charge >= 0.3 is 20.6 Å². The number of benzene rings is 2. The number of para-hydroxylation sites is 4. The molecule has 2 aromatic carbocycles. The summed E-state index contributed by atoms with van der Waals surface area (Å²) in [4.78, 5) is 13.8. The number of hydrogen-bond donors (Lipinski definition) is 2. The first-order valence-corrected chi connectivity index (χ1v) is 12.4. The van der Waals surface area contributed by atoms with Gasteiger partial charge < -0.3 is 10.6 Å². The van der Waals surface area contributed by atoms with Crippen LogP contribution in [0.25, 0.3) is 0 Å². The van der Waals surface area contributed by atoms with Gasteiger partial charge in [-0.15, -0.1) is 0 Å². The topological polar surface area (TPSA) is 111 Å². The van der Waals surface area contributed by atoms with Crippen LogP contribution in [-0.4, -0.2) is 19.9 Å². The molecular formula is C22H12Cl2F6N6O3P+. The first-order valence-electron chi connectivity index (χ1n) is 10.6. The van der Waals surface area contributed by atoms with Crippen molar-refractivity contribution in [1.82, 2.24) is 19.9 Å². The van der Waals surface area contributed by atoms with E-state index in [4.69, 9.17) is 32.2 Å². The van der Waals surface area contributed by atoms with Gasteiger partial charge in [-0.1, -0.05) is 24.3 Å². The van der Waals surface area contributed by atoms with Crippen LogP contribution in [0.3, 0.4) is 0 Å². The lowest BCUT2D eigenvalue weighted by atomic mass is 10.2. The smallest absolute Gasteiger partial charge is 0.336 e. The molecule has 0 atom stereocenters. The van der Waals surface area contributed by atoms with Gasteiger partial charge in [0.15, 0.2) is 0 Å². The second-order valence-electron chi connectivity index (χ2n) is 7.45. The molecule has 2 N–H and O–H groups in total. The SMILES string of the molecule is O=[P+](Oc1ccccc1Nc1nc(Cl)ncc1C(F)(F)F)Oc1ccccc1Nc1nc(Cl)ncc1C(F)(F)F. The molecule has 0 aliphatic carbocycles. The van der Waals surface area contributed by atoms with Gasteiger partial charge in [-0.05, 0) is 47.5 Å². The normalized spacial score (nSPS) is 11.6. The van der Waals surface area contributed by atoms with E-state index in [-0.39, 0.29) is 22.9 Å². The molecule has 4 rings (SSSR count). The minimum atomic E-state index is -4.83. The van der Waals surface area contributed by atoms with Crippen LogP contribution in [0.2, 0.25) is 10.6 Å². The van der Waals surface area contributed by atoms with Crippen LogP contribution in [-0.2, 0) is 16.9 Å². The van der Waals surface area contributed by atoms with Gasteiger partial charge in [0.2, 0.25) is 22.1 Å². The molecule has 18 heteroatoms. The lowest BCUT2D eigenvalue weighted by molar-refractivity contribution is -0.138. The van der Waals surface area contributed by atoms with E-state index in [1.807, 2.05) is 0 Å². The molecule has 0 amide bonds. The molecule has 40 heavy (non-hydrogen) atoms. The van der Waals surface area contributed by atoms with Gasteiger partial charge in [0.1, 0.15) is 22.8 Å². The lowest BCUT2D eigenvalue weighted by Crippen LogP contribution is -2.11. The average Bonchev–Trinajstić information content (AvgIpc) is 2.85. The van der Waals surface area contributed by atoms with E-state index in [2.05, 4.69) is 30.6 Å². The standard InChI is InChI=1S/C22H12Cl2F6N6O3P/c23-19-31-9-11(21(25,26)27)17(35-19)33-13-5-1-3-7-15(13)38-40(37)39-16-8-4-2-6-14(16)34-18-12(22(28,29)30)10-32-20(24)36-18/h1-10H,(H,31,33,35)(H,32,34,36)/q+1. The van der Waals surface area contributed by atoms with Crippen molar-refractivity contribution in [2.24, 2.45) is 0 Å². The predicted molar refractivity (Wildman–Crippen MR) is 132 cm³/mol. The molecule has 9 nitrogen and oxygen atoms in total. The summed E-state index contributed by atoms with van der Waals surface area (Å²) in [6, 6.07) is 10.9. The monoisotopic (exact) mass is 623 g/mol. The molecule has 0 saturated carbocycles. The number of anilines is 4. The second-order valence-corrected chi connectivity index (χ2v) is 8.94. The minimum absolute atomic E-state index is 0.0911. The average molecular weight is 624 g/mol. The van der Waals surface area contributed by atoms with Gasteiger partial charge in [-0.25, -0.2) is 19.0 Å². The molecule has 0 aliphatic heterocycles. The quantitative estimate of drug-likeness (QED) is 0.114. The molecule has 0 spiro atoms.